The van der Waals surface area contributed by atoms with Crippen LogP contribution in [-0.4, -0.2) is 16.1 Å². The molecule has 0 bridgehead atoms. The number of imidazole rings is 1. The third kappa shape index (κ3) is 5.87. The number of nitrogens with zero attached hydrogens (tertiary/aromatic N) is 2. The number of rotatable bonds is 8. The second-order valence-electron chi connectivity index (χ2n) is 5.64. The minimum absolute atomic E-state index is 0.701. The van der Waals surface area contributed by atoms with E-state index in [-0.39, 0.29) is 0 Å². The van der Waals surface area contributed by atoms with Crippen LogP contribution in [0.25, 0.3) is 0 Å². The largest absolute Gasteiger partial charge is 0.333 e. The van der Waals surface area contributed by atoms with Crippen LogP contribution in [0.2, 0.25) is 0 Å². The zero-order valence-corrected chi connectivity index (χ0v) is 11.7. The molecular formula is C14H27N3. The van der Waals surface area contributed by atoms with E-state index in [2.05, 4.69) is 42.6 Å². The zero-order chi connectivity index (χ0) is 12.7. The summed E-state index contributed by atoms with van der Waals surface area (Å²) in [6.45, 7) is 12.1. The van der Waals surface area contributed by atoms with E-state index in [0.717, 1.165) is 25.6 Å². The molecule has 0 saturated carbocycles. The topological polar surface area (TPSA) is 29.9 Å². The lowest BCUT2D eigenvalue weighted by atomic mass is 10.1. The SMILES string of the molecule is CC(C)CCCn1cncc1CNCC(C)C. The summed E-state index contributed by atoms with van der Waals surface area (Å²) in [7, 11) is 0. The van der Waals surface area contributed by atoms with Gasteiger partial charge in [0.1, 0.15) is 0 Å². The molecule has 3 nitrogen and oxygen atoms in total. The van der Waals surface area contributed by atoms with Gasteiger partial charge in [-0.25, -0.2) is 4.98 Å². The first-order valence-corrected chi connectivity index (χ1v) is 6.79. The van der Waals surface area contributed by atoms with Crippen LogP contribution in [0.1, 0.15) is 46.2 Å². The Hall–Kier alpha value is -0.830. The molecule has 0 aliphatic heterocycles. The van der Waals surface area contributed by atoms with Gasteiger partial charge in [0.25, 0.3) is 0 Å². The maximum atomic E-state index is 4.24. The molecular weight excluding hydrogens is 210 g/mol. The zero-order valence-electron chi connectivity index (χ0n) is 11.7. The smallest absolute Gasteiger partial charge is 0.0948 e. The van der Waals surface area contributed by atoms with Crippen molar-refractivity contribution in [2.75, 3.05) is 6.54 Å². The fourth-order valence-corrected chi connectivity index (χ4v) is 1.86. The maximum Gasteiger partial charge on any atom is 0.0948 e. The Kier molecular flexibility index (Phi) is 6.27. The molecule has 0 spiro atoms. The van der Waals surface area contributed by atoms with Crippen molar-refractivity contribution in [3.8, 4) is 0 Å². The minimum Gasteiger partial charge on any atom is -0.333 e. The number of aromatic nitrogens is 2. The highest BCUT2D eigenvalue weighted by molar-refractivity contribution is 4.97. The lowest BCUT2D eigenvalue weighted by Crippen LogP contribution is -2.20. The van der Waals surface area contributed by atoms with Gasteiger partial charge < -0.3 is 9.88 Å². The summed E-state index contributed by atoms with van der Waals surface area (Å²) in [5.74, 6) is 1.49. The Morgan fingerprint density at radius 1 is 1.24 bits per heavy atom. The van der Waals surface area contributed by atoms with Gasteiger partial charge in [-0.15, -0.1) is 0 Å². The molecule has 0 aliphatic carbocycles. The van der Waals surface area contributed by atoms with Crippen molar-refractivity contribution in [1.82, 2.24) is 14.9 Å². The fourth-order valence-electron chi connectivity index (χ4n) is 1.86. The van der Waals surface area contributed by atoms with Crippen molar-refractivity contribution >= 4 is 0 Å². The van der Waals surface area contributed by atoms with Crippen LogP contribution in [0.15, 0.2) is 12.5 Å². The number of nitrogens with one attached hydrogen (secondary N) is 1. The average Bonchev–Trinajstić information content (AvgIpc) is 2.65. The van der Waals surface area contributed by atoms with E-state index in [1.807, 2.05) is 12.5 Å². The molecule has 0 amide bonds. The summed E-state index contributed by atoms with van der Waals surface area (Å²) in [5, 5.41) is 3.47. The van der Waals surface area contributed by atoms with Crippen LogP contribution >= 0.6 is 0 Å². The molecule has 1 rings (SSSR count). The second kappa shape index (κ2) is 7.49. The molecule has 0 unspecified atom stereocenters. The van der Waals surface area contributed by atoms with Gasteiger partial charge in [-0.3, -0.25) is 0 Å². The Bertz CT molecular complexity index is 274. The molecule has 0 saturated heterocycles. The number of hydrogen-bond donors (Lipinski definition) is 1. The van der Waals surface area contributed by atoms with E-state index in [1.165, 1.54) is 18.5 Å². The maximum absolute atomic E-state index is 4.24. The molecule has 0 aliphatic rings. The van der Waals surface area contributed by atoms with E-state index in [9.17, 15) is 0 Å². The van der Waals surface area contributed by atoms with Gasteiger partial charge in [-0.05, 0) is 31.2 Å². The molecule has 1 heterocycles. The Morgan fingerprint density at radius 3 is 2.65 bits per heavy atom. The first kappa shape index (κ1) is 14.2. The van der Waals surface area contributed by atoms with Crippen LogP contribution in [0.4, 0.5) is 0 Å². The predicted molar refractivity (Wildman–Crippen MR) is 72.8 cm³/mol. The highest BCUT2D eigenvalue weighted by atomic mass is 15.1. The van der Waals surface area contributed by atoms with E-state index in [1.54, 1.807) is 0 Å². The van der Waals surface area contributed by atoms with Crippen molar-refractivity contribution in [2.45, 2.75) is 53.6 Å². The molecule has 3 heteroatoms. The summed E-state index contributed by atoms with van der Waals surface area (Å²) in [5.41, 5.74) is 1.30. The number of aryl methyl sites for hydroxylation is 1. The van der Waals surface area contributed by atoms with Gasteiger partial charge >= 0.3 is 0 Å². The highest BCUT2D eigenvalue weighted by Gasteiger charge is 2.02. The molecule has 0 fully saturated rings. The van der Waals surface area contributed by atoms with Gasteiger partial charge in [-0.1, -0.05) is 27.7 Å². The first-order valence-electron chi connectivity index (χ1n) is 6.79. The van der Waals surface area contributed by atoms with E-state index in [4.69, 9.17) is 0 Å². The molecule has 0 radical (unpaired) electrons. The quantitative estimate of drug-likeness (QED) is 0.753. The van der Waals surface area contributed by atoms with Gasteiger partial charge in [0, 0.05) is 19.3 Å². The average molecular weight is 237 g/mol. The third-order valence-corrected chi connectivity index (χ3v) is 2.84. The van der Waals surface area contributed by atoms with Crippen LogP contribution in [0.3, 0.4) is 0 Å². The lowest BCUT2D eigenvalue weighted by molar-refractivity contribution is 0.493. The van der Waals surface area contributed by atoms with Crippen LogP contribution < -0.4 is 5.32 Å². The molecule has 0 atom stereocenters. The number of hydrogen-bond acceptors (Lipinski definition) is 2. The summed E-state index contributed by atoms with van der Waals surface area (Å²) in [6.07, 6.45) is 6.46. The van der Waals surface area contributed by atoms with Crippen LogP contribution in [-0.2, 0) is 13.1 Å². The lowest BCUT2D eigenvalue weighted by Gasteiger charge is -2.11. The monoisotopic (exact) mass is 237 g/mol. The van der Waals surface area contributed by atoms with Crippen molar-refractivity contribution in [3.63, 3.8) is 0 Å². The molecule has 98 valence electrons. The molecule has 1 aromatic rings. The molecule has 0 aromatic carbocycles. The van der Waals surface area contributed by atoms with Crippen molar-refractivity contribution in [2.24, 2.45) is 11.8 Å². The molecule has 17 heavy (non-hydrogen) atoms. The van der Waals surface area contributed by atoms with E-state index < -0.39 is 0 Å². The Balaban J connectivity index is 2.32. The van der Waals surface area contributed by atoms with Crippen molar-refractivity contribution in [1.29, 1.82) is 0 Å². The summed E-state index contributed by atoms with van der Waals surface area (Å²) in [4.78, 5) is 4.24. The van der Waals surface area contributed by atoms with Crippen molar-refractivity contribution < 1.29 is 0 Å². The highest BCUT2D eigenvalue weighted by Crippen LogP contribution is 2.07. The predicted octanol–water partition coefficient (Wildman–Crippen LogP) is 3.06. The standard InChI is InChI=1S/C14H27N3/c1-12(2)6-5-7-17-11-16-10-14(17)9-15-8-13(3)4/h10-13,15H,5-9H2,1-4H3. The Morgan fingerprint density at radius 2 is 2.00 bits per heavy atom. The van der Waals surface area contributed by atoms with E-state index >= 15 is 0 Å². The van der Waals surface area contributed by atoms with Gasteiger partial charge in [-0.2, -0.15) is 0 Å². The summed E-state index contributed by atoms with van der Waals surface area (Å²) < 4.78 is 2.27. The fraction of sp³-hybridized carbons (Fsp3) is 0.786. The van der Waals surface area contributed by atoms with Crippen molar-refractivity contribution in [3.05, 3.63) is 18.2 Å². The van der Waals surface area contributed by atoms with Crippen LogP contribution in [0, 0.1) is 11.8 Å². The Labute approximate surface area is 106 Å². The summed E-state index contributed by atoms with van der Waals surface area (Å²) >= 11 is 0. The van der Waals surface area contributed by atoms with E-state index in [0.29, 0.717) is 5.92 Å². The van der Waals surface area contributed by atoms with Gasteiger partial charge in [0.05, 0.1) is 12.0 Å². The second-order valence-corrected chi connectivity index (χ2v) is 5.64. The minimum atomic E-state index is 0.701. The van der Waals surface area contributed by atoms with Crippen LogP contribution in [0.5, 0.6) is 0 Å². The normalized spacial score (nSPS) is 11.6. The molecule has 1 N–H and O–H groups in total. The first-order chi connectivity index (χ1) is 8.09. The van der Waals surface area contributed by atoms with Gasteiger partial charge in [0.2, 0.25) is 0 Å². The summed E-state index contributed by atoms with van der Waals surface area (Å²) in [6, 6.07) is 0. The molecule has 1 aromatic heterocycles. The third-order valence-electron chi connectivity index (χ3n) is 2.84. The van der Waals surface area contributed by atoms with Gasteiger partial charge in [0.15, 0.2) is 0 Å².